The van der Waals surface area contributed by atoms with Crippen LogP contribution in [-0.4, -0.2) is 48.4 Å². The number of hydrogen-bond acceptors (Lipinski definition) is 2. The van der Waals surface area contributed by atoms with E-state index in [0.717, 1.165) is 19.5 Å². The first-order chi connectivity index (χ1) is 6.15. The smallest absolute Gasteiger partial charge is 0.219 e. The van der Waals surface area contributed by atoms with Crippen molar-refractivity contribution >= 4 is 5.91 Å². The van der Waals surface area contributed by atoms with Gasteiger partial charge in [0.2, 0.25) is 5.91 Å². The highest BCUT2D eigenvalue weighted by Gasteiger charge is 2.25. The minimum atomic E-state index is 0.184. The maximum Gasteiger partial charge on any atom is 0.219 e. The highest BCUT2D eigenvalue weighted by atomic mass is 16.2. The predicted molar refractivity (Wildman–Crippen MR) is 53.6 cm³/mol. The van der Waals surface area contributed by atoms with Crippen LogP contribution in [0.3, 0.4) is 0 Å². The first-order valence-corrected chi connectivity index (χ1v) is 5.11. The molecule has 1 amide bonds. The van der Waals surface area contributed by atoms with E-state index in [-0.39, 0.29) is 5.91 Å². The molecular weight excluding hydrogens is 164 g/mol. The molecule has 0 spiro atoms. The minimum absolute atomic E-state index is 0.184. The average molecular weight is 184 g/mol. The zero-order valence-corrected chi connectivity index (χ0v) is 8.92. The second kappa shape index (κ2) is 4.61. The molecule has 1 rings (SSSR count). The van der Waals surface area contributed by atoms with Crippen LogP contribution in [0.15, 0.2) is 0 Å². The predicted octanol–water partition coefficient (Wildman–Crippen LogP) is 0.949. The van der Waals surface area contributed by atoms with Gasteiger partial charge in [0, 0.05) is 33.1 Å². The molecule has 1 aliphatic rings. The lowest BCUT2D eigenvalue weighted by atomic mass is 10.2. The largest absolute Gasteiger partial charge is 0.342 e. The van der Waals surface area contributed by atoms with E-state index in [1.807, 2.05) is 11.9 Å². The second-order valence-corrected chi connectivity index (χ2v) is 3.87. The molecule has 1 aliphatic heterocycles. The average Bonchev–Trinajstić information content (AvgIpc) is 2.52. The summed E-state index contributed by atoms with van der Waals surface area (Å²) in [5.74, 6) is 0.184. The molecule has 1 saturated heterocycles. The highest BCUT2D eigenvalue weighted by Crippen LogP contribution is 2.14. The monoisotopic (exact) mass is 184 g/mol. The summed E-state index contributed by atoms with van der Waals surface area (Å²) >= 11 is 0. The molecule has 0 bridgehead atoms. The van der Waals surface area contributed by atoms with E-state index in [1.54, 1.807) is 6.92 Å². The van der Waals surface area contributed by atoms with Crippen LogP contribution in [0.2, 0.25) is 0 Å². The Morgan fingerprint density at radius 2 is 2.31 bits per heavy atom. The van der Waals surface area contributed by atoms with E-state index in [2.05, 4.69) is 11.8 Å². The summed E-state index contributed by atoms with van der Waals surface area (Å²) < 4.78 is 0. The van der Waals surface area contributed by atoms with Gasteiger partial charge in [0.15, 0.2) is 0 Å². The van der Waals surface area contributed by atoms with Gasteiger partial charge in [-0.2, -0.15) is 0 Å². The van der Waals surface area contributed by atoms with Crippen molar-refractivity contribution in [2.24, 2.45) is 0 Å². The Morgan fingerprint density at radius 3 is 2.85 bits per heavy atom. The van der Waals surface area contributed by atoms with Crippen LogP contribution in [0.5, 0.6) is 0 Å². The Morgan fingerprint density at radius 1 is 1.62 bits per heavy atom. The van der Waals surface area contributed by atoms with Crippen molar-refractivity contribution in [1.29, 1.82) is 0 Å². The molecule has 0 aromatic rings. The van der Waals surface area contributed by atoms with Crippen molar-refractivity contribution in [3.63, 3.8) is 0 Å². The first-order valence-electron chi connectivity index (χ1n) is 5.11. The van der Waals surface area contributed by atoms with Gasteiger partial charge in [-0.1, -0.05) is 6.92 Å². The SMILES string of the molecule is CCCN1CC[C@H](N(C)C(C)=O)C1. The fourth-order valence-corrected chi connectivity index (χ4v) is 1.90. The molecule has 13 heavy (non-hydrogen) atoms. The summed E-state index contributed by atoms with van der Waals surface area (Å²) in [6.07, 6.45) is 2.34. The van der Waals surface area contributed by atoms with Crippen molar-refractivity contribution in [3.8, 4) is 0 Å². The fourth-order valence-electron chi connectivity index (χ4n) is 1.90. The standard InChI is InChI=1S/C10H20N2O/c1-4-6-12-7-5-10(8-12)11(3)9(2)13/h10H,4-8H2,1-3H3/t10-/m0/s1. The van der Waals surface area contributed by atoms with Gasteiger partial charge in [-0.3, -0.25) is 4.79 Å². The molecule has 0 unspecified atom stereocenters. The maximum atomic E-state index is 11.1. The van der Waals surface area contributed by atoms with E-state index in [0.29, 0.717) is 6.04 Å². The number of likely N-dealkylation sites (tertiary alicyclic amines) is 1. The van der Waals surface area contributed by atoms with Gasteiger partial charge in [-0.25, -0.2) is 0 Å². The number of nitrogens with zero attached hydrogens (tertiary/aromatic N) is 2. The Labute approximate surface area is 80.7 Å². The van der Waals surface area contributed by atoms with Gasteiger partial charge in [0.25, 0.3) is 0 Å². The molecule has 3 nitrogen and oxygen atoms in total. The van der Waals surface area contributed by atoms with E-state index in [4.69, 9.17) is 0 Å². The van der Waals surface area contributed by atoms with E-state index >= 15 is 0 Å². The van der Waals surface area contributed by atoms with Crippen LogP contribution >= 0.6 is 0 Å². The molecular formula is C10H20N2O. The normalized spacial score (nSPS) is 23.5. The summed E-state index contributed by atoms with van der Waals surface area (Å²) in [6.45, 7) is 7.22. The van der Waals surface area contributed by atoms with Gasteiger partial charge < -0.3 is 9.80 Å². The Balaban J connectivity index is 2.36. The second-order valence-electron chi connectivity index (χ2n) is 3.87. The Kier molecular flexibility index (Phi) is 3.72. The lowest BCUT2D eigenvalue weighted by molar-refractivity contribution is -0.129. The Hall–Kier alpha value is -0.570. The van der Waals surface area contributed by atoms with Crippen LogP contribution in [0.25, 0.3) is 0 Å². The van der Waals surface area contributed by atoms with Gasteiger partial charge in [-0.05, 0) is 19.4 Å². The zero-order chi connectivity index (χ0) is 9.84. The van der Waals surface area contributed by atoms with Gasteiger partial charge in [0.1, 0.15) is 0 Å². The lowest BCUT2D eigenvalue weighted by Gasteiger charge is -2.23. The van der Waals surface area contributed by atoms with Crippen LogP contribution in [-0.2, 0) is 4.79 Å². The van der Waals surface area contributed by atoms with Crippen LogP contribution < -0.4 is 0 Å². The van der Waals surface area contributed by atoms with Crippen LogP contribution in [0.4, 0.5) is 0 Å². The summed E-state index contributed by atoms with van der Waals surface area (Å²) in [4.78, 5) is 15.4. The third-order valence-corrected chi connectivity index (χ3v) is 2.83. The first kappa shape index (κ1) is 10.5. The molecule has 1 fully saturated rings. The number of likely N-dealkylation sites (N-methyl/N-ethyl adjacent to an activating group) is 1. The maximum absolute atomic E-state index is 11.1. The third kappa shape index (κ3) is 2.69. The molecule has 1 atom stereocenters. The fraction of sp³-hybridized carbons (Fsp3) is 0.900. The van der Waals surface area contributed by atoms with Crippen molar-refractivity contribution in [2.45, 2.75) is 32.7 Å². The van der Waals surface area contributed by atoms with Crippen LogP contribution in [0, 0.1) is 0 Å². The van der Waals surface area contributed by atoms with Crippen LogP contribution in [0.1, 0.15) is 26.7 Å². The summed E-state index contributed by atoms with van der Waals surface area (Å²) in [7, 11) is 1.91. The zero-order valence-electron chi connectivity index (χ0n) is 8.92. The third-order valence-electron chi connectivity index (χ3n) is 2.83. The minimum Gasteiger partial charge on any atom is -0.342 e. The van der Waals surface area contributed by atoms with Crippen molar-refractivity contribution in [1.82, 2.24) is 9.80 Å². The quantitative estimate of drug-likeness (QED) is 0.652. The number of rotatable bonds is 3. The molecule has 1 heterocycles. The van der Waals surface area contributed by atoms with E-state index < -0.39 is 0 Å². The van der Waals surface area contributed by atoms with E-state index in [1.165, 1.54) is 13.0 Å². The number of carbonyl (C=O) groups is 1. The molecule has 3 heteroatoms. The Bertz CT molecular complexity index is 182. The van der Waals surface area contributed by atoms with Crippen molar-refractivity contribution in [2.75, 3.05) is 26.7 Å². The van der Waals surface area contributed by atoms with Crippen molar-refractivity contribution in [3.05, 3.63) is 0 Å². The van der Waals surface area contributed by atoms with Gasteiger partial charge >= 0.3 is 0 Å². The number of carbonyl (C=O) groups excluding carboxylic acids is 1. The van der Waals surface area contributed by atoms with E-state index in [9.17, 15) is 4.79 Å². The topological polar surface area (TPSA) is 23.6 Å². The molecule has 76 valence electrons. The van der Waals surface area contributed by atoms with Crippen molar-refractivity contribution < 1.29 is 4.79 Å². The summed E-state index contributed by atoms with van der Waals surface area (Å²) in [5, 5.41) is 0. The van der Waals surface area contributed by atoms with Gasteiger partial charge in [-0.15, -0.1) is 0 Å². The lowest BCUT2D eigenvalue weighted by Crippen LogP contribution is -2.37. The molecule has 0 N–H and O–H groups in total. The summed E-state index contributed by atoms with van der Waals surface area (Å²) in [5.41, 5.74) is 0. The molecule has 0 aliphatic carbocycles. The molecule has 0 saturated carbocycles. The summed E-state index contributed by atoms with van der Waals surface area (Å²) in [6, 6.07) is 0.448. The molecule has 0 aromatic carbocycles. The number of amides is 1. The molecule has 0 aromatic heterocycles. The highest BCUT2D eigenvalue weighted by molar-refractivity contribution is 5.73. The number of hydrogen-bond donors (Lipinski definition) is 0. The molecule has 0 radical (unpaired) electrons. The van der Waals surface area contributed by atoms with Gasteiger partial charge in [0.05, 0.1) is 0 Å².